The van der Waals surface area contributed by atoms with Gasteiger partial charge in [-0.3, -0.25) is 5.32 Å². The molecule has 1 atom stereocenters. The fourth-order valence-corrected chi connectivity index (χ4v) is 2.74. The zero-order valence-electron chi connectivity index (χ0n) is 10.3. The Morgan fingerprint density at radius 1 is 1.61 bits per heavy atom. The van der Waals surface area contributed by atoms with Crippen LogP contribution >= 0.6 is 11.3 Å². The normalized spacial score (nSPS) is 23.1. The molecule has 7 heteroatoms. The molecule has 1 aromatic rings. The van der Waals surface area contributed by atoms with Gasteiger partial charge in [0.1, 0.15) is 5.54 Å². The highest BCUT2D eigenvalue weighted by Crippen LogP contribution is 2.30. The quantitative estimate of drug-likeness (QED) is 0.859. The number of likely N-dealkylation sites (tertiary alicyclic amines) is 1. The van der Waals surface area contributed by atoms with Gasteiger partial charge in [0.2, 0.25) is 0 Å². The van der Waals surface area contributed by atoms with Gasteiger partial charge in [-0.25, -0.2) is 14.6 Å². The Bertz CT molecular complexity index is 488. The second kappa shape index (κ2) is 4.56. The van der Waals surface area contributed by atoms with Gasteiger partial charge in [0, 0.05) is 17.6 Å². The van der Waals surface area contributed by atoms with Crippen molar-refractivity contribution >= 4 is 28.5 Å². The van der Waals surface area contributed by atoms with E-state index in [1.807, 2.05) is 6.92 Å². The molecule has 2 N–H and O–H groups in total. The molecular weight excluding hydrogens is 254 g/mol. The number of carboxylic acid groups (broad SMARTS) is 1. The summed E-state index contributed by atoms with van der Waals surface area (Å²) in [6, 6.07) is -0.397. The van der Waals surface area contributed by atoms with E-state index in [4.69, 9.17) is 0 Å². The number of aryl methyl sites for hydroxylation is 1. The number of hydrogen-bond acceptors (Lipinski definition) is 4. The fourth-order valence-electron chi connectivity index (χ4n) is 2.08. The predicted molar refractivity (Wildman–Crippen MR) is 67.9 cm³/mol. The third kappa shape index (κ3) is 2.17. The van der Waals surface area contributed by atoms with Crippen molar-refractivity contribution in [1.29, 1.82) is 0 Å². The second-order valence-corrected chi connectivity index (χ2v) is 5.78. The Kier molecular flexibility index (Phi) is 3.25. The fraction of sp³-hybridized carbons (Fsp3) is 0.545. The maximum Gasteiger partial charge on any atom is 0.329 e. The van der Waals surface area contributed by atoms with Crippen LogP contribution in [0.3, 0.4) is 0 Å². The van der Waals surface area contributed by atoms with Crippen molar-refractivity contribution in [2.75, 3.05) is 11.9 Å². The van der Waals surface area contributed by atoms with Crippen LogP contribution in [0.5, 0.6) is 0 Å². The monoisotopic (exact) mass is 269 g/mol. The van der Waals surface area contributed by atoms with Gasteiger partial charge >= 0.3 is 12.0 Å². The van der Waals surface area contributed by atoms with Crippen molar-refractivity contribution in [2.45, 2.75) is 32.2 Å². The Hall–Kier alpha value is -1.63. The molecule has 18 heavy (non-hydrogen) atoms. The van der Waals surface area contributed by atoms with Crippen LogP contribution in [0.2, 0.25) is 0 Å². The number of hydrogen-bond donors (Lipinski definition) is 2. The van der Waals surface area contributed by atoms with E-state index in [-0.39, 0.29) is 0 Å². The number of carbonyl (C=O) groups is 2. The SMILES string of the molecule is Cc1cnc(NC(=O)N2CCCC2(C)C(=O)O)s1. The van der Waals surface area contributed by atoms with Gasteiger partial charge in [-0.1, -0.05) is 0 Å². The lowest BCUT2D eigenvalue weighted by atomic mass is 10.00. The van der Waals surface area contributed by atoms with Crippen LogP contribution in [0.1, 0.15) is 24.6 Å². The summed E-state index contributed by atoms with van der Waals surface area (Å²) in [6.45, 7) is 3.93. The number of nitrogens with zero attached hydrogens (tertiary/aromatic N) is 2. The van der Waals surface area contributed by atoms with Gasteiger partial charge in [-0.15, -0.1) is 11.3 Å². The average Bonchev–Trinajstić information content (AvgIpc) is 2.86. The van der Waals surface area contributed by atoms with Gasteiger partial charge < -0.3 is 10.0 Å². The molecule has 0 saturated carbocycles. The summed E-state index contributed by atoms with van der Waals surface area (Å²) in [5.74, 6) is -0.967. The molecule has 0 bridgehead atoms. The van der Waals surface area contributed by atoms with E-state index in [0.717, 1.165) is 4.88 Å². The van der Waals surface area contributed by atoms with Crippen molar-refractivity contribution in [3.8, 4) is 0 Å². The van der Waals surface area contributed by atoms with Crippen LogP contribution in [-0.4, -0.2) is 39.1 Å². The number of nitrogens with one attached hydrogen (secondary N) is 1. The minimum Gasteiger partial charge on any atom is -0.480 e. The lowest BCUT2D eigenvalue weighted by Crippen LogP contribution is -2.52. The lowest BCUT2D eigenvalue weighted by Gasteiger charge is -2.30. The summed E-state index contributed by atoms with van der Waals surface area (Å²) in [7, 11) is 0. The number of rotatable bonds is 2. The Morgan fingerprint density at radius 3 is 2.89 bits per heavy atom. The minimum atomic E-state index is -1.11. The molecule has 1 fully saturated rings. The van der Waals surface area contributed by atoms with Crippen LogP contribution in [0.4, 0.5) is 9.93 Å². The average molecular weight is 269 g/mol. The Labute approximate surface area is 109 Å². The standard InChI is InChI=1S/C11H15N3O3S/c1-7-6-12-9(18-7)13-10(17)14-5-3-4-11(14,2)8(15)16/h6H,3-5H2,1-2H3,(H,15,16)(H,12,13,17). The summed E-state index contributed by atoms with van der Waals surface area (Å²) in [6.07, 6.45) is 2.85. The van der Waals surface area contributed by atoms with Gasteiger partial charge in [0.15, 0.2) is 5.13 Å². The molecule has 1 aliphatic rings. The lowest BCUT2D eigenvalue weighted by molar-refractivity contribution is -0.146. The molecule has 0 aromatic carbocycles. The number of thiazole rings is 1. The van der Waals surface area contributed by atoms with E-state index in [2.05, 4.69) is 10.3 Å². The number of amides is 2. The molecule has 0 radical (unpaired) electrons. The molecule has 1 aliphatic heterocycles. The van der Waals surface area contributed by atoms with Crippen molar-refractivity contribution in [3.63, 3.8) is 0 Å². The number of aromatic nitrogens is 1. The highest BCUT2D eigenvalue weighted by molar-refractivity contribution is 7.15. The molecule has 2 amide bonds. The third-order valence-corrected chi connectivity index (χ3v) is 4.01. The summed E-state index contributed by atoms with van der Waals surface area (Å²) < 4.78 is 0. The molecule has 6 nitrogen and oxygen atoms in total. The van der Waals surface area contributed by atoms with E-state index in [9.17, 15) is 14.7 Å². The summed E-state index contributed by atoms with van der Waals surface area (Å²) in [5.41, 5.74) is -1.11. The first-order chi connectivity index (χ1) is 8.43. The molecule has 2 heterocycles. The summed E-state index contributed by atoms with van der Waals surface area (Å²) in [5, 5.41) is 12.4. The largest absolute Gasteiger partial charge is 0.480 e. The van der Waals surface area contributed by atoms with E-state index in [0.29, 0.717) is 24.5 Å². The van der Waals surface area contributed by atoms with Crippen LogP contribution in [0.25, 0.3) is 0 Å². The first kappa shape index (κ1) is 12.8. The maximum absolute atomic E-state index is 12.1. The predicted octanol–water partition coefficient (Wildman–Crippen LogP) is 1.92. The minimum absolute atomic E-state index is 0.397. The number of urea groups is 1. The molecular formula is C11H15N3O3S. The van der Waals surface area contributed by atoms with Crippen LogP contribution in [0.15, 0.2) is 6.20 Å². The number of aliphatic carboxylic acids is 1. The van der Waals surface area contributed by atoms with Gasteiger partial charge in [-0.2, -0.15) is 0 Å². The molecule has 0 spiro atoms. The topological polar surface area (TPSA) is 82.5 Å². The second-order valence-electron chi connectivity index (χ2n) is 4.54. The zero-order valence-corrected chi connectivity index (χ0v) is 11.1. The zero-order chi connectivity index (χ0) is 13.3. The Balaban J connectivity index is 2.11. The van der Waals surface area contributed by atoms with Crippen molar-refractivity contribution in [2.24, 2.45) is 0 Å². The maximum atomic E-state index is 12.1. The molecule has 1 unspecified atom stereocenters. The van der Waals surface area contributed by atoms with Crippen LogP contribution < -0.4 is 5.32 Å². The Morgan fingerprint density at radius 2 is 2.33 bits per heavy atom. The highest BCUT2D eigenvalue weighted by Gasteiger charge is 2.46. The molecule has 98 valence electrons. The first-order valence-electron chi connectivity index (χ1n) is 5.68. The smallest absolute Gasteiger partial charge is 0.329 e. The van der Waals surface area contributed by atoms with Gasteiger partial charge in [-0.05, 0) is 26.7 Å². The molecule has 1 aromatic heterocycles. The van der Waals surface area contributed by atoms with Gasteiger partial charge in [0.25, 0.3) is 0 Å². The molecule has 2 rings (SSSR count). The first-order valence-corrected chi connectivity index (χ1v) is 6.49. The van der Waals surface area contributed by atoms with E-state index < -0.39 is 17.5 Å². The van der Waals surface area contributed by atoms with E-state index >= 15 is 0 Å². The highest BCUT2D eigenvalue weighted by atomic mass is 32.1. The van der Waals surface area contributed by atoms with Crippen LogP contribution in [-0.2, 0) is 4.79 Å². The van der Waals surface area contributed by atoms with Gasteiger partial charge in [0.05, 0.1) is 0 Å². The number of carbonyl (C=O) groups excluding carboxylic acids is 1. The van der Waals surface area contributed by atoms with Crippen molar-refractivity contribution < 1.29 is 14.7 Å². The van der Waals surface area contributed by atoms with E-state index in [1.165, 1.54) is 16.2 Å². The molecule has 1 saturated heterocycles. The summed E-state index contributed by atoms with van der Waals surface area (Å²) >= 11 is 1.37. The van der Waals surface area contributed by atoms with Crippen LogP contribution in [0, 0.1) is 6.92 Å². The molecule has 0 aliphatic carbocycles. The summed E-state index contributed by atoms with van der Waals surface area (Å²) in [4.78, 5) is 29.7. The van der Waals surface area contributed by atoms with Crippen molar-refractivity contribution in [3.05, 3.63) is 11.1 Å². The number of anilines is 1. The van der Waals surface area contributed by atoms with Crippen molar-refractivity contribution in [1.82, 2.24) is 9.88 Å². The number of carboxylic acids is 1. The van der Waals surface area contributed by atoms with E-state index in [1.54, 1.807) is 13.1 Å². The third-order valence-electron chi connectivity index (χ3n) is 3.18.